The topological polar surface area (TPSA) is 81.6 Å². The highest BCUT2D eigenvalue weighted by atomic mass is 16.5. The summed E-state index contributed by atoms with van der Waals surface area (Å²) in [5, 5.41) is 3.58. The lowest BCUT2D eigenvalue weighted by molar-refractivity contribution is 0.122. The van der Waals surface area contributed by atoms with Crippen LogP contribution >= 0.6 is 0 Å². The molecule has 174 valence electrons. The molecule has 0 amide bonds. The summed E-state index contributed by atoms with van der Waals surface area (Å²) in [4.78, 5) is 15.9. The van der Waals surface area contributed by atoms with E-state index in [0.29, 0.717) is 12.6 Å². The van der Waals surface area contributed by atoms with Crippen molar-refractivity contribution in [2.75, 3.05) is 43.6 Å². The molecule has 0 unspecified atom stereocenters. The molecule has 1 saturated carbocycles. The maximum Gasteiger partial charge on any atom is 0.149 e. The molecule has 2 aliphatic rings. The molecule has 1 aliphatic carbocycles. The highest BCUT2D eigenvalue weighted by Gasteiger charge is 2.24. The molecule has 2 fully saturated rings. The van der Waals surface area contributed by atoms with Gasteiger partial charge >= 0.3 is 0 Å². The molecule has 0 spiro atoms. The second-order valence-electron chi connectivity index (χ2n) is 8.69. The summed E-state index contributed by atoms with van der Waals surface area (Å²) in [6.45, 7) is 3.84. The average Bonchev–Trinajstić information content (AvgIpc) is 2.86. The van der Waals surface area contributed by atoms with Crippen LogP contribution in [0.2, 0.25) is 0 Å². The highest BCUT2D eigenvalue weighted by Crippen LogP contribution is 2.33. The smallest absolute Gasteiger partial charge is 0.149 e. The van der Waals surface area contributed by atoms with Gasteiger partial charge in [0.2, 0.25) is 0 Å². The Morgan fingerprint density at radius 2 is 1.82 bits per heavy atom. The van der Waals surface area contributed by atoms with Crippen molar-refractivity contribution in [2.24, 2.45) is 0 Å². The van der Waals surface area contributed by atoms with Gasteiger partial charge in [-0.05, 0) is 49.4 Å². The number of fused-ring (bicyclic) bond motifs is 1. The van der Waals surface area contributed by atoms with Crippen LogP contribution in [0.4, 0.5) is 11.5 Å². The fourth-order valence-corrected chi connectivity index (χ4v) is 4.65. The first-order valence-corrected chi connectivity index (χ1v) is 11.7. The summed E-state index contributed by atoms with van der Waals surface area (Å²) in [7, 11) is 1.71. The van der Waals surface area contributed by atoms with E-state index < -0.39 is 0 Å². The van der Waals surface area contributed by atoms with E-state index in [1.807, 2.05) is 12.3 Å². The number of aromatic nitrogens is 3. The summed E-state index contributed by atoms with van der Waals surface area (Å²) in [6.07, 6.45) is 9.51. The fraction of sp³-hybridized carbons (Fsp3) is 0.480. The second-order valence-corrected chi connectivity index (χ2v) is 8.69. The number of methoxy groups -OCH3 is 1. The quantitative estimate of drug-likeness (QED) is 0.583. The van der Waals surface area contributed by atoms with Crippen molar-refractivity contribution in [2.45, 2.75) is 44.4 Å². The van der Waals surface area contributed by atoms with Crippen LogP contribution in [-0.2, 0) is 16.1 Å². The largest absolute Gasteiger partial charge is 0.488 e. The highest BCUT2D eigenvalue weighted by molar-refractivity contribution is 5.85. The van der Waals surface area contributed by atoms with Crippen molar-refractivity contribution in [3.63, 3.8) is 0 Å². The van der Waals surface area contributed by atoms with Crippen LogP contribution in [0.15, 0.2) is 42.9 Å². The molecule has 0 radical (unpaired) electrons. The second kappa shape index (κ2) is 10.3. The Hall–Kier alpha value is -2.97. The van der Waals surface area contributed by atoms with Gasteiger partial charge in [0.15, 0.2) is 0 Å². The number of hydrogen-bond acceptors (Lipinski definition) is 8. The minimum atomic E-state index is 0.168. The molecule has 3 heterocycles. The monoisotopic (exact) mass is 449 g/mol. The molecule has 5 rings (SSSR count). The van der Waals surface area contributed by atoms with Crippen molar-refractivity contribution < 1.29 is 14.2 Å². The van der Waals surface area contributed by atoms with Gasteiger partial charge in [-0.2, -0.15) is 0 Å². The maximum absolute atomic E-state index is 6.53. The molecule has 8 heteroatoms. The van der Waals surface area contributed by atoms with E-state index >= 15 is 0 Å². The molecule has 0 atom stereocenters. The van der Waals surface area contributed by atoms with Crippen LogP contribution in [-0.4, -0.2) is 60.5 Å². The van der Waals surface area contributed by atoms with Gasteiger partial charge in [0, 0.05) is 56.6 Å². The number of nitrogens with zero attached hydrogens (tertiary/aromatic N) is 4. The van der Waals surface area contributed by atoms with E-state index in [1.165, 1.54) is 0 Å². The van der Waals surface area contributed by atoms with Gasteiger partial charge < -0.3 is 24.4 Å². The van der Waals surface area contributed by atoms with E-state index in [9.17, 15) is 0 Å². The first kappa shape index (κ1) is 21.9. The van der Waals surface area contributed by atoms with Crippen LogP contribution in [0.5, 0.6) is 5.75 Å². The molecule has 1 aliphatic heterocycles. The number of morpholine rings is 1. The van der Waals surface area contributed by atoms with Gasteiger partial charge in [-0.15, -0.1) is 0 Å². The molecule has 2 aromatic heterocycles. The SMILES string of the molecule is COCc1ccnc(NC2CCC(Oc3cc(N4CCOCC4)cc4nccnc34)CC2)c1. The standard InChI is InChI=1S/C25H31N5O3/c1-31-17-18-6-7-27-24(14-18)29-19-2-4-21(5-3-19)33-23-16-20(30-10-12-32-13-11-30)15-22-25(23)28-9-8-26-22/h6-9,14-16,19,21H,2-5,10-13,17H2,1H3,(H,27,29). The molecule has 33 heavy (non-hydrogen) atoms. The van der Waals surface area contributed by atoms with Gasteiger partial charge in [-0.1, -0.05) is 0 Å². The number of nitrogens with one attached hydrogen (secondary N) is 1. The van der Waals surface area contributed by atoms with Crippen molar-refractivity contribution in [1.29, 1.82) is 0 Å². The Morgan fingerprint density at radius 1 is 1.00 bits per heavy atom. The Bertz CT molecular complexity index is 1060. The number of pyridine rings is 1. The Kier molecular flexibility index (Phi) is 6.83. The van der Waals surface area contributed by atoms with Crippen LogP contribution in [0.25, 0.3) is 11.0 Å². The van der Waals surface area contributed by atoms with Gasteiger partial charge in [-0.25, -0.2) is 9.97 Å². The van der Waals surface area contributed by atoms with Gasteiger partial charge in [0.05, 0.1) is 31.4 Å². The normalized spacial score (nSPS) is 21.2. The number of hydrogen-bond donors (Lipinski definition) is 1. The summed E-state index contributed by atoms with van der Waals surface area (Å²) < 4.78 is 17.3. The van der Waals surface area contributed by atoms with Crippen molar-refractivity contribution in [3.05, 3.63) is 48.4 Å². The van der Waals surface area contributed by atoms with Crippen LogP contribution < -0.4 is 15.0 Å². The van der Waals surface area contributed by atoms with Gasteiger partial charge in [0.25, 0.3) is 0 Å². The lowest BCUT2D eigenvalue weighted by Crippen LogP contribution is -2.36. The first-order valence-electron chi connectivity index (χ1n) is 11.7. The van der Waals surface area contributed by atoms with E-state index in [2.05, 4.69) is 43.4 Å². The van der Waals surface area contributed by atoms with Crippen LogP contribution in [0, 0.1) is 0 Å². The lowest BCUT2D eigenvalue weighted by atomic mass is 9.93. The molecule has 0 bridgehead atoms. The average molecular weight is 450 g/mol. The van der Waals surface area contributed by atoms with E-state index in [1.54, 1.807) is 19.5 Å². The summed E-state index contributed by atoms with van der Waals surface area (Å²) in [5.74, 6) is 1.74. The van der Waals surface area contributed by atoms with Crippen molar-refractivity contribution >= 4 is 22.5 Å². The zero-order chi connectivity index (χ0) is 22.5. The third-order valence-electron chi connectivity index (χ3n) is 6.35. The molecular weight excluding hydrogens is 418 g/mol. The molecule has 1 N–H and O–H groups in total. The molecule has 1 saturated heterocycles. The summed E-state index contributed by atoms with van der Waals surface area (Å²) in [6, 6.07) is 8.67. The van der Waals surface area contributed by atoms with Crippen LogP contribution in [0.1, 0.15) is 31.2 Å². The van der Waals surface area contributed by atoms with E-state index in [0.717, 1.165) is 85.8 Å². The molecule has 3 aromatic rings. The molecule has 8 nitrogen and oxygen atoms in total. The van der Waals surface area contributed by atoms with Crippen molar-refractivity contribution in [3.8, 4) is 5.75 Å². The van der Waals surface area contributed by atoms with Gasteiger partial charge in [-0.3, -0.25) is 4.98 Å². The predicted octanol–water partition coefficient (Wildman–Crippen LogP) is 3.81. The Morgan fingerprint density at radius 3 is 2.64 bits per heavy atom. The lowest BCUT2D eigenvalue weighted by Gasteiger charge is -2.31. The Labute approximate surface area is 194 Å². The summed E-state index contributed by atoms with van der Waals surface area (Å²) >= 11 is 0. The van der Waals surface area contributed by atoms with E-state index in [-0.39, 0.29) is 6.10 Å². The first-order chi connectivity index (χ1) is 16.3. The van der Waals surface area contributed by atoms with E-state index in [4.69, 9.17) is 14.2 Å². The maximum atomic E-state index is 6.53. The Balaban J connectivity index is 1.25. The number of anilines is 2. The zero-order valence-corrected chi connectivity index (χ0v) is 19.1. The number of rotatable bonds is 7. The van der Waals surface area contributed by atoms with Crippen LogP contribution in [0.3, 0.4) is 0 Å². The predicted molar refractivity (Wildman–Crippen MR) is 128 cm³/mol. The third-order valence-corrected chi connectivity index (χ3v) is 6.35. The van der Waals surface area contributed by atoms with Gasteiger partial charge in [0.1, 0.15) is 17.1 Å². The summed E-state index contributed by atoms with van der Waals surface area (Å²) in [5.41, 5.74) is 3.95. The number of benzene rings is 1. The third kappa shape index (κ3) is 5.34. The molecule has 1 aromatic carbocycles. The zero-order valence-electron chi connectivity index (χ0n) is 19.1. The fourth-order valence-electron chi connectivity index (χ4n) is 4.65. The minimum Gasteiger partial charge on any atom is -0.488 e. The molecular formula is C25H31N5O3. The number of ether oxygens (including phenoxy) is 3. The van der Waals surface area contributed by atoms with Crippen molar-refractivity contribution in [1.82, 2.24) is 15.0 Å². The minimum absolute atomic E-state index is 0.168.